The smallest absolute Gasteiger partial charge is 0 e. The minimum Gasteiger partial charge on any atom is 0 e. The molecular formula is H6AlAuBNiTi. The van der Waals surface area contributed by atoms with Crippen molar-refractivity contribution < 1.29 is 60.6 Å². The summed E-state index contributed by atoms with van der Waals surface area (Å²) in [6.45, 7) is 0. The second-order valence-corrected chi connectivity index (χ2v) is 0. The molecule has 1 radical (unpaired) electrons. The summed E-state index contributed by atoms with van der Waals surface area (Å²) in [4.78, 5) is 0. The van der Waals surface area contributed by atoms with Gasteiger partial charge in [-0.1, -0.05) is 0 Å². The van der Waals surface area contributed by atoms with Crippen molar-refractivity contribution in [3.05, 3.63) is 0 Å². The molecular weight excluding hydrogens is 341 g/mol. The van der Waals surface area contributed by atoms with Crippen molar-refractivity contribution in [3.63, 3.8) is 0 Å². The van der Waals surface area contributed by atoms with Gasteiger partial charge in [-0.3, -0.25) is 0 Å². The zero-order chi connectivity index (χ0) is 0. The van der Waals surface area contributed by atoms with Crippen LogP contribution in [0, 0.1) is 0 Å². The Balaban J connectivity index is 0. The molecule has 0 aromatic rings. The number of hydrogen-bond acceptors (Lipinski definition) is 0. The minimum absolute atomic E-state index is 0. The van der Waals surface area contributed by atoms with E-state index in [0.717, 1.165) is 0 Å². The fourth-order valence-electron chi connectivity index (χ4n) is 0. The molecule has 0 bridgehead atoms. The van der Waals surface area contributed by atoms with Crippen LogP contribution in [-0.2, 0) is 60.6 Å². The summed E-state index contributed by atoms with van der Waals surface area (Å²) in [5.74, 6) is 0. The molecule has 0 aliphatic rings. The van der Waals surface area contributed by atoms with Gasteiger partial charge in [-0.05, 0) is 0 Å². The van der Waals surface area contributed by atoms with Crippen molar-refractivity contribution >= 4 is 25.8 Å². The van der Waals surface area contributed by atoms with E-state index in [9.17, 15) is 0 Å². The van der Waals surface area contributed by atoms with E-state index >= 15 is 0 Å². The second kappa shape index (κ2) is 31.1. The van der Waals surface area contributed by atoms with Crippen LogP contribution < -0.4 is 0 Å². The van der Waals surface area contributed by atoms with Crippen LogP contribution >= 0.6 is 0 Å². The molecule has 0 saturated carbocycles. The Hall–Kier alpha value is 2.55. The van der Waals surface area contributed by atoms with Crippen LogP contribution in [-0.4, -0.2) is 25.8 Å². The Morgan fingerprint density at radius 1 is 1.00 bits per heavy atom. The Labute approximate surface area is 85.3 Å². The van der Waals surface area contributed by atoms with Crippen molar-refractivity contribution in [2.75, 3.05) is 0 Å². The van der Waals surface area contributed by atoms with Crippen LogP contribution in [0.25, 0.3) is 0 Å². The van der Waals surface area contributed by atoms with Gasteiger partial charge in [-0.25, -0.2) is 0 Å². The van der Waals surface area contributed by atoms with Crippen molar-refractivity contribution in [1.29, 1.82) is 0 Å². The first-order valence-corrected chi connectivity index (χ1v) is 0. The third-order valence-corrected chi connectivity index (χ3v) is 0. The van der Waals surface area contributed by atoms with Crippen LogP contribution in [0.5, 0.6) is 0 Å². The van der Waals surface area contributed by atoms with E-state index in [4.69, 9.17) is 0 Å². The Morgan fingerprint density at radius 2 is 1.00 bits per heavy atom. The molecule has 0 aromatic heterocycles. The molecule has 0 aromatic carbocycles. The van der Waals surface area contributed by atoms with Crippen LogP contribution in [0.4, 0.5) is 0 Å². The monoisotopic (exact) mass is 347 g/mol. The van der Waals surface area contributed by atoms with Gasteiger partial charge >= 0.3 is 0 Å². The summed E-state index contributed by atoms with van der Waals surface area (Å²) in [6.07, 6.45) is 0. The van der Waals surface area contributed by atoms with Gasteiger partial charge in [0.15, 0.2) is 17.4 Å². The van der Waals surface area contributed by atoms with Crippen LogP contribution in [0.2, 0.25) is 0 Å². The van der Waals surface area contributed by atoms with E-state index in [-0.39, 0.29) is 86.4 Å². The van der Waals surface area contributed by atoms with E-state index in [2.05, 4.69) is 0 Å². The van der Waals surface area contributed by atoms with Crippen LogP contribution in [0.3, 0.4) is 0 Å². The van der Waals surface area contributed by atoms with Crippen molar-refractivity contribution in [2.24, 2.45) is 0 Å². The molecule has 0 atom stereocenters. The van der Waals surface area contributed by atoms with E-state index in [1.165, 1.54) is 0 Å². The summed E-state index contributed by atoms with van der Waals surface area (Å²) in [7, 11) is 0. The molecule has 37 valence electrons. The standard InChI is InChI=1S/Al.Au.BH3.Ni.Ti.3H/h;;1H3;;;;;. The van der Waals surface area contributed by atoms with Gasteiger partial charge in [-0.15, -0.1) is 0 Å². The topological polar surface area (TPSA) is 0 Å². The predicted octanol–water partition coefficient (Wildman–Crippen LogP) is -2.38. The van der Waals surface area contributed by atoms with Gasteiger partial charge in [0, 0.05) is 60.6 Å². The maximum atomic E-state index is 0. The van der Waals surface area contributed by atoms with Crippen molar-refractivity contribution in [2.45, 2.75) is 0 Å². The minimum atomic E-state index is 0. The second-order valence-electron chi connectivity index (χ2n) is 0. The summed E-state index contributed by atoms with van der Waals surface area (Å²) in [6, 6.07) is 0. The molecule has 0 heterocycles. The quantitative estimate of drug-likeness (QED) is 0.430. The molecule has 0 saturated heterocycles. The van der Waals surface area contributed by atoms with E-state index in [1.54, 1.807) is 0 Å². The Morgan fingerprint density at radius 3 is 1.00 bits per heavy atom. The van der Waals surface area contributed by atoms with Gasteiger partial charge in [0.2, 0.25) is 0 Å². The molecule has 0 nitrogen and oxygen atoms in total. The van der Waals surface area contributed by atoms with Gasteiger partial charge in [0.1, 0.15) is 0 Å². The summed E-state index contributed by atoms with van der Waals surface area (Å²) >= 11 is 0. The maximum Gasteiger partial charge on any atom is 0.187 e. The number of rotatable bonds is 0. The summed E-state index contributed by atoms with van der Waals surface area (Å²) < 4.78 is 0. The molecule has 5 heteroatoms. The molecule has 0 spiro atoms. The first-order chi connectivity index (χ1) is 0. The summed E-state index contributed by atoms with van der Waals surface area (Å²) in [5, 5.41) is 0. The first-order valence-electron chi connectivity index (χ1n) is 0. The average molecular weight is 347 g/mol. The Bertz CT molecular complexity index is 11.6. The molecule has 0 rings (SSSR count). The van der Waals surface area contributed by atoms with E-state index in [0.29, 0.717) is 0 Å². The molecule has 0 amide bonds. The normalized spacial score (nSPS) is 0. The molecule has 0 unspecified atom stereocenters. The van der Waals surface area contributed by atoms with Gasteiger partial charge < -0.3 is 0 Å². The Kier molecular flexibility index (Phi) is 310. The summed E-state index contributed by atoms with van der Waals surface area (Å²) in [5.41, 5.74) is 0. The zero-order valence-corrected chi connectivity index (χ0v) is 5.83. The fraction of sp³-hybridized carbons (Fsp3) is 0. The van der Waals surface area contributed by atoms with Gasteiger partial charge in [-0.2, -0.15) is 0 Å². The molecule has 0 aliphatic heterocycles. The largest absolute Gasteiger partial charge is 0.187 e. The predicted molar refractivity (Wildman–Crippen MR) is 19.9 cm³/mol. The van der Waals surface area contributed by atoms with E-state index < -0.39 is 0 Å². The first kappa shape index (κ1) is 49.9. The molecule has 0 N–H and O–H groups in total. The molecule has 5 heavy (non-hydrogen) atoms. The van der Waals surface area contributed by atoms with Gasteiger partial charge in [0.25, 0.3) is 0 Å². The van der Waals surface area contributed by atoms with E-state index in [1.807, 2.05) is 0 Å². The van der Waals surface area contributed by atoms with Crippen LogP contribution in [0.15, 0.2) is 0 Å². The van der Waals surface area contributed by atoms with Crippen molar-refractivity contribution in [1.82, 2.24) is 0 Å². The molecule has 0 fully saturated rings. The molecule has 0 aliphatic carbocycles. The maximum absolute atomic E-state index is 0. The average Bonchev–Trinajstić information content (AvgIpc) is 0. The third kappa shape index (κ3) is 20.9. The van der Waals surface area contributed by atoms with Crippen LogP contribution in [0.1, 0.15) is 0 Å². The fourth-order valence-corrected chi connectivity index (χ4v) is 0. The number of hydrogen-bond donors (Lipinski definition) is 0. The zero-order valence-electron chi connectivity index (χ0n) is 1.12. The van der Waals surface area contributed by atoms with Gasteiger partial charge in [0.05, 0.1) is 8.41 Å². The van der Waals surface area contributed by atoms with Crippen molar-refractivity contribution in [3.8, 4) is 0 Å². The third-order valence-electron chi connectivity index (χ3n) is 0. The SMILES string of the molecule is B.[AlH3].[Au].[Ni].[Ti].